The Labute approximate surface area is 116 Å². The highest BCUT2D eigenvalue weighted by Gasteiger charge is 2.33. The highest BCUT2D eigenvalue weighted by Crippen LogP contribution is 2.44. The van der Waals surface area contributed by atoms with Crippen LogP contribution < -0.4 is 4.74 Å². The monoisotopic (exact) mass is 262 g/mol. The topological polar surface area (TPSA) is 29.5 Å². The van der Waals surface area contributed by atoms with Crippen molar-refractivity contribution in [2.75, 3.05) is 0 Å². The maximum atomic E-state index is 10.2. The van der Waals surface area contributed by atoms with Crippen molar-refractivity contribution in [2.24, 2.45) is 0 Å². The number of phenolic OH excluding ortho intramolecular Hbond substituents is 1. The summed E-state index contributed by atoms with van der Waals surface area (Å²) in [7, 11) is 0. The van der Waals surface area contributed by atoms with Gasteiger partial charge in [-0.25, -0.2) is 0 Å². The Hall–Kier alpha value is -1.18. The maximum Gasteiger partial charge on any atom is 0.127 e. The molecule has 0 spiro atoms. The van der Waals surface area contributed by atoms with E-state index in [4.69, 9.17) is 4.74 Å². The number of rotatable bonds is 3. The van der Waals surface area contributed by atoms with Gasteiger partial charge in [-0.05, 0) is 70.1 Å². The summed E-state index contributed by atoms with van der Waals surface area (Å²) < 4.78 is 6.36. The van der Waals surface area contributed by atoms with Gasteiger partial charge in [0.05, 0.1) is 0 Å². The van der Waals surface area contributed by atoms with E-state index in [0.29, 0.717) is 5.75 Å². The van der Waals surface area contributed by atoms with Gasteiger partial charge in [-0.3, -0.25) is 0 Å². The Balaban J connectivity index is 2.40. The van der Waals surface area contributed by atoms with Crippen molar-refractivity contribution < 1.29 is 9.84 Å². The van der Waals surface area contributed by atoms with Crippen molar-refractivity contribution in [3.05, 3.63) is 22.3 Å². The van der Waals surface area contributed by atoms with Gasteiger partial charge in [0, 0.05) is 5.56 Å². The van der Waals surface area contributed by atoms with Gasteiger partial charge in [0.25, 0.3) is 0 Å². The summed E-state index contributed by atoms with van der Waals surface area (Å²) in [5.74, 6) is 1.47. The molecule has 0 amide bonds. The molecule has 0 aliphatic carbocycles. The number of ether oxygens (including phenoxy) is 1. The van der Waals surface area contributed by atoms with E-state index in [1.54, 1.807) is 0 Å². The molecule has 1 aliphatic rings. The van der Waals surface area contributed by atoms with Crippen molar-refractivity contribution in [1.82, 2.24) is 0 Å². The Morgan fingerprint density at radius 3 is 2.47 bits per heavy atom. The van der Waals surface area contributed by atoms with Crippen molar-refractivity contribution in [2.45, 2.75) is 72.3 Å². The van der Waals surface area contributed by atoms with Crippen LogP contribution in [0.2, 0.25) is 0 Å². The predicted octanol–water partition coefficient (Wildman–Crippen LogP) is 4.59. The molecule has 1 aromatic rings. The minimum absolute atomic E-state index is 0.0381. The van der Waals surface area contributed by atoms with Crippen LogP contribution in [0.15, 0.2) is 0 Å². The molecule has 0 saturated heterocycles. The SMILES string of the molecule is CCCC[C@]1(C)CCc2c(C)c(O)c(C)c(C)c2O1. The lowest BCUT2D eigenvalue weighted by Crippen LogP contribution is -2.37. The zero-order valence-corrected chi connectivity index (χ0v) is 12.9. The number of fused-ring (bicyclic) bond motifs is 1. The van der Waals surface area contributed by atoms with Gasteiger partial charge in [0.15, 0.2) is 0 Å². The van der Waals surface area contributed by atoms with Crippen LogP contribution in [0.25, 0.3) is 0 Å². The fraction of sp³-hybridized carbons (Fsp3) is 0.647. The second-order valence-electron chi connectivity index (χ2n) is 6.19. The third kappa shape index (κ3) is 2.45. The second-order valence-corrected chi connectivity index (χ2v) is 6.19. The van der Waals surface area contributed by atoms with Crippen molar-refractivity contribution >= 4 is 0 Å². The van der Waals surface area contributed by atoms with Gasteiger partial charge >= 0.3 is 0 Å². The van der Waals surface area contributed by atoms with Crippen LogP contribution in [0.1, 0.15) is 61.8 Å². The van der Waals surface area contributed by atoms with Crippen LogP contribution in [0.3, 0.4) is 0 Å². The smallest absolute Gasteiger partial charge is 0.127 e. The first kappa shape index (κ1) is 14.2. The summed E-state index contributed by atoms with van der Waals surface area (Å²) in [6, 6.07) is 0. The lowest BCUT2D eigenvalue weighted by atomic mass is 9.85. The van der Waals surface area contributed by atoms with Crippen molar-refractivity contribution in [3.63, 3.8) is 0 Å². The molecule has 1 heterocycles. The average molecular weight is 262 g/mol. The van der Waals surface area contributed by atoms with E-state index in [1.165, 1.54) is 18.4 Å². The molecular weight excluding hydrogens is 236 g/mol. The lowest BCUT2D eigenvalue weighted by molar-refractivity contribution is 0.0527. The number of aromatic hydroxyl groups is 1. The van der Waals surface area contributed by atoms with Crippen LogP contribution in [0.4, 0.5) is 0 Å². The number of phenols is 1. The molecule has 0 saturated carbocycles. The van der Waals surface area contributed by atoms with Gasteiger partial charge in [-0.1, -0.05) is 13.3 Å². The first-order chi connectivity index (χ1) is 8.89. The molecule has 2 nitrogen and oxygen atoms in total. The first-order valence-electron chi connectivity index (χ1n) is 7.40. The summed E-state index contributed by atoms with van der Waals surface area (Å²) in [4.78, 5) is 0. The Morgan fingerprint density at radius 2 is 1.84 bits per heavy atom. The highest BCUT2D eigenvalue weighted by molar-refractivity contribution is 5.58. The van der Waals surface area contributed by atoms with Gasteiger partial charge in [0.1, 0.15) is 17.1 Å². The molecule has 0 radical (unpaired) electrons. The molecule has 1 aromatic carbocycles. The van der Waals surface area contributed by atoms with Gasteiger partial charge in [0.2, 0.25) is 0 Å². The molecule has 106 valence electrons. The zero-order valence-electron chi connectivity index (χ0n) is 12.9. The molecule has 0 bridgehead atoms. The summed E-state index contributed by atoms with van der Waals surface area (Å²) in [6.07, 6.45) is 5.58. The van der Waals surface area contributed by atoms with Gasteiger partial charge in [-0.15, -0.1) is 0 Å². The number of hydrogen-bond acceptors (Lipinski definition) is 2. The molecule has 0 aromatic heterocycles. The summed E-state index contributed by atoms with van der Waals surface area (Å²) >= 11 is 0. The van der Waals surface area contributed by atoms with Crippen molar-refractivity contribution in [1.29, 1.82) is 0 Å². The van der Waals surface area contributed by atoms with E-state index in [-0.39, 0.29) is 5.60 Å². The Bertz CT molecular complexity index is 491. The fourth-order valence-electron chi connectivity index (χ4n) is 3.02. The molecule has 0 unspecified atom stereocenters. The van der Waals surface area contributed by atoms with E-state index >= 15 is 0 Å². The molecule has 1 N–H and O–H groups in total. The number of unbranched alkanes of at least 4 members (excludes halogenated alkanes) is 1. The molecular formula is C17H26O2. The fourth-order valence-corrected chi connectivity index (χ4v) is 3.02. The molecule has 2 rings (SSSR count). The lowest BCUT2D eigenvalue weighted by Gasteiger charge is -2.38. The largest absolute Gasteiger partial charge is 0.507 e. The summed E-state index contributed by atoms with van der Waals surface area (Å²) in [6.45, 7) is 10.5. The zero-order chi connectivity index (χ0) is 14.2. The van der Waals surface area contributed by atoms with E-state index in [2.05, 4.69) is 20.8 Å². The third-order valence-corrected chi connectivity index (χ3v) is 4.65. The van der Waals surface area contributed by atoms with Crippen molar-refractivity contribution in [3.8, 4) is 11.5 Å². The van der Waals surface area contributed by atoms with E-state index in [0.717, 1.165) is 41.7 Å². The van der Waals surface area contributed by atoms with Crippen LogP contribution in [0.5, 0.6) is 11.5 Å². The predicted molar refractivity (Wildman–Crippen MR) is 79.2 cm³/mol. The first-order valence-corrected chi connectivity index (χ1v) is 7.40. The molecule has 1 atom stereocenters. The Kier molecular flexibility index (Phi) is 3.80. The van der Waals surface area contributed by atoms with Crippen LogP contribution in [-0.2, 0) is 6.42 Å². The number of benzene rings is 1. The van der Waals surface area contributed by atoms with Crippen LogP contribution >= 0.6 is 0 Å². The average Bonchev–Trinajstić information content (AvgIpc) is 2.40. The minimum atomic E-state index is -0.0381. The number of hydrogen-bond donors (Lipinski definition) is 1. The highest BCUT2D eigenvalue weighted by atomic mass is 16.5. The third-order valence-electron chi connectivity index (χ3n) is 4.65. The summed E-state index contributed by atoms with van der Waals surface area (Å²) in [5.41, 5.74) is 4.21. The van der Waals surface area contributed by atoms with E-state index < -0.39 is 0 Å². The molecule has 19 heavy (non-hydrogen) atoms. The normalized spacial score (nSPS) is 21.9. The van der Waals surface area contributed by atoms with Crippen LogP contribution in [-0.4, -0.2) is 10.7 Å². The molecule has 0 fully saturated rings. The minimum Gasteiger partial charge on any atom is -0.507 e. The molecule has 1 aliphatic heterocycles. The quantitative estimate of drug-likeness (QED) is 0.863. The molecule has 2 heteroatoms. The van der Waals surface area contributed by atoms with E-state index in [1.807, 2.05) is 13.8 Å². The van der Waals surface area contributed by atoms with E-state index in [9.17, 15) is 5.11 Å². The second kappa shape index (κ2) is 5.07. The van der Waals surface area contributed by atoms with Crippen LogP contribution in [0, 0.1) is 20.8 Å². The standard InChI is InChI=1S/C17H26O2/c1-6-7-9-17(5)10-8-14-13(4)15(18)11(2)12(3)16(14)19-17/h18H,6-10H2,1-5H3/t17-/m1/s1. The Morgan fingerprint density at radius 1 is 1.16 bits per heavy atom. The van der Waals surface area contributed by atoms with Gasteiger partial charge in [-0.2, -0.15) is 0 Å². The summed E-state index contributed by atoms with van der Waals surface area (Å²) in [5, 5.41) is 10.2. The maximum absolute atomic E-state index is 10.2. The van der Waals surface area contributed by atoms with Gasteiger partial charge < -0.3 is 9.84 Å².